The zero-order chi connectivity index (χ0) is 13.0. The van der Waals surface area contributed by atoms with E-state index in [9.17, 15) is 14.4 Å². The van der Waals surface area contributed by atoms with Gasteiger partial charge in [0.1, 0.15) is 11.3 Å². The van der Waals surface area contributed by atoms with Gasteiger partial charge in [-0.15, -0.1) is 0 Å². The second-order valence-electron chi connectivity index (χ2n) is 3.12. The summed E-state index contributed by atoms with van der Waals surface area (Å²) in [5.74, 6) is -1.49. The Labute approximate surface area is 97.1 Å². The van der Waals surface area contributed by atoms with E-state index in [4.69, 9.17) is 9.15 Å². The summed E-state index contributed by atoms with van der Waals surface area (Å²) in [5.41, 5.74) is -0.964. The first-order valence-corrected chi connectivity index (χ1v) is 4.91. The van der Waals surface area contributed by atoms with Crippen molar-refractivity contribution in [1.82, 2.24) is 0 Å². The van der Waals surface area contributed by atoms with Gasteiger partial charge in [0.2, 0.25) is 0 Å². The molecule has 0 N–H and O–H groups in total. The summed E-state index contributed by atoms with van der Waals surface area (Å²) in [6.07, 6.45) is 0. The Kier molecular flexibility index (Phi) is 4.03. The highest BCUT2D eigenvalue weighted by molar-refractivity contribution is 6.03. The highest BCUT2D eigenvalue weighted by atomic mass is 16.5. The lowest BCUT2D eigenvalue weighted by Gasteiger charge is -2.08. The predicted molar refractivity (Wildman–Crippen MR) is 57.0 cm³/mol. The van der Waals surface area contributed by atoms with Crippen molar-refractivity contribution in [2.45, 2.75) is 13.8 Å². The molecule has 0 aromatic carbocycles. The summed E-state index contributed by atoms with van der Waals surface area (Å²) in [7, 11) is 1.15. The number of ether oxygens (including phenoxy) is 2. The number of rotatable bonds is 3. The van der Waals surface area contributed by atoms with Gasteiger partial charge in [0.25, 0.3) is 0 Å². The van der Waals surface area contributed by atoms with E-state index in [0.717, 1.165) is 13.2 Å². The Morgan fingerprint density at radius 3 is 2.53 bits per heavy atom. The molecule has 0 amide bonds. The zero-order valence-electron chi connectivity index (χ0n) is 9.73. The van der Waals surface area contributed by atoms with Gasteiger partial charge < -0.3 is 13.9 Å². The fourth-order valence-electron chi connectivity index (χ4n) is 1.34. The lowest BCUT2D eigenvalue weighted by atomic mass is 10.1. The molecular weight excluding hydrogens is 228 g/mol. The average Bonchev–Trinajstić information content (AvgIpc) is 2.27. The van der Waals surface area contributed by atoms with Crippen molar-refractivity contribution in [3.8, 4) is 0 Å². The van der Waals surface area contributed by atoms with Crippen LogP contribution in [0.3, 0.4) is 0 Å². The summed E-state index contributed by atoms with van der Waals surface area (Å²) in [6, 6.07) is 0.908. The molecule has 0 fully saturated rings. The van der Waals surface area contributed by atoms with Gasteiger partial charge in [-0.2, -0.15) is 0 Å². The van der Waals surface area contributed by atoms with Crippen LogP contribution in [0.2, 0.25) is 0 Å². The fourth-order valence-corrected chi connectivity index (χ4v) is 1.34. The lowest BCUT2D eigenvalue weighted by Crippen LogP contribution is -2.18. The van der Waals surface area contributed by atoms with Crippen LogP contribution < -0.4 is 5.63 Å². The summed E-state index contributed by atoms with van der Waals surface area (Å²) in [4.78, 5) is 34.2. The summed E-state index contributed by atoms with van der Waals surface area (Å²) in [5, 5.41) is 0. The third-order valence-electron chi connectivity index (χ3n) is 2.02. The summed E-state index contributed by atoms with van der Waals surface area (Å²) in [6.45, 7) is 3.18. The lowest BCUT2D eigenvalue weighted by molar-refractivity contribution is 0.0498. The number of methoxy groups -OCH3 is 1. The van der Waals surface area contributed by atoms with Crippen LogP contribution in [0.25, 0.3) is 0 Å². The Morgan fingerprint density at radius 1 is 1.35 bits per heavy atom. The van der Waals surface area contributed by atoms with Crippen molar-refractivity contribution < 1.29 is 23.5 Å². The molecule has 0 bridgehead atoms. The quantitative estimate of drug-likeness (QED) is 0.730. The molecule has 6 nitrogen and oxygen atoms in total. The summed E-state index contributed by atoms with van der Waals surface area (Å²) < 4.78 is 14.0. The smallest absolute Gasteiger partial charge is 0.342 e. The van der Waals surface area contributed by atoms with Crippen LogP contribution in [-0.2, 0) is 9.47 Å². The largest absolute Gasteiger partial charge is 0.465 e. The van der Waals surface area contributed by atoms with E-state index >= 15 is 0 Å². The molecule has 0 aliphatic heterocycles. The highest BCUT2D eigenvalue weighted by Gasteiger charge is 2.23. The van der Waals surface area contributed by atoms with Crippen LogP contribution in [0.15, 0.2) is 15.3 Å². The van der Waals surface area contributed by atoms with E-state index in [-0.39, 0.29) is 23.5 Å². The number of hydrogen-bond donors (Lipinski definition) is 0. The molecule has 6 heteroatoms. The van der Waals surface area contributed by atoms with Crippen LogP contribution >= 0.6 is 0 Å². The van der Waals surface area contributed by atoms with Crippen molar-refractivity contribution >= 4 is 11.9 Å². The predicted octanol–water partition coefficient (Wildman–Crippen LogP) is 0.912. The van der Waals surface area contributed by atoms with E-state index in [1.165, 1.54) is 6.92 Å². The third kappa shape index (κ3) is 2.72. The monoisotopic (exact) mass is 240 g/mol. The Hall–Kier alpha value is -2.11. The SMILES string of the molecule is CCOC(=O)c1c(C(=O)OC)cc(=O)oc1C. The maximum absolute atomic E-state index is 11.6. The number of carbonyl (C=O) groups is 2. The third-order valence-corrected chi connectivity index (χ3v) is 2.02. The molecule has 0 unspecified atom stereocenters. The van der Waals surface area contributed by atoms with Gasteiger partial charge in [-0.05, 0) is 13.8 Å². The highest BCUT2D eigenvalue weighted by Crippen LogP contribution is 2.14. The minimum Gasteiger partial charge on any atom is -0.465 e. The Bertz CT molecular complexity index is 499. The summed E-state index contributed by atoms with van der Waals surface area (Å²) >= 11 is 0. The fraction of sp³-hybridized carbons (Fsp3) is 0.364. The maximum atomic E-state index is 11.6. The van der Waals surface area contributed by atoms with Gasteiger partial charge in [0.15, 0.2) is 0 Å². The van der Waals surface area contributed by atoms with Crippen molar-refractivity contribution in [1.29, 1.82) is 0 Å². The molecule has 17 heavy (non-hydrogen) atoms. The maximum Gasteiger partial charge on any atom is 0.342 e. The Balaban J connectivity index is 3.40. The molecule has 1 aromatic heterocycles. The number of esters is 2. The van der Waals surface area contributed by atoms with E-state index < -0.39 is 17.6 Å². The zero-order valence-corrected chi connectivity index (χ0v) is 9.73. The number of carbonyl (C=O) groups excluding carboxylic acids is 2. The second-order valence-corrected chi connectivity index (χ2v) is 3.12. The van der Waals surface area contributed by atoms with Crippen LogP contribution in [-0.4, -0.2) is 25.7 Å². The van der Waals surface area contributed by atoms with Crippen molar-refractivity contribution in [3.05, 3.63) is 33.4 Å². The van der Waals surface area contributed by atoms with Gasteiger partial charge in [0, 0.05) is 6.07 Å². The molecule has 0 aliphatic rings. The number of aryl methyl sites for hydroxylation is 1. The van der Waals surface area contributed by atoms with Gasteiger partial charge in [-0.3, -0.25) is 0 Å². The van der Waals surface area contributed by atoms with Gasteiger partial charge in [-0.1, -0.05) is 0 Å². The normalized spacial score (nSPS) is 9.82. The van der Waals surface area contributed by atoms with Crippen LogP contribution in [0, 0.1) is 6.92 Å². The van der Waals surface area contributed by atoms with Crippen molar-refractivity contribution in [2.75, 3.05) is 13.7 Å². The first-order chi connectivity index (χ1) is 8.01. The first kappa shape index (κ1) is 13.0. The minimum absolute atomic E-state index is 0.0244. The first-order valence-electron chi connectivity index (χ1n) is 4.91. The van der Waals surface area contributed by atoms with Crippen LogP contribution in [0.4, 0.5) is 0 Å². The minimum atomic E-state index is -0.788. The molecule has 1 heterocycles. The Morgan fingerprint density at radius 2 is 2.00 bits per heavy atom. The molecule has 0 saturated carbocycles. The molecule has 1 aromatic rings. The van der Waals surface area contributed by atoms with Crippen molar-refractivity contribution in [2.24, 2.45) is 0 Å². The second kappa shape index (κ2) is 5.29. The topological polar surface area (TPSA) is 82.8 Å². The molecule has 1 rings (SSSR count). The van der Waals surface area contributed by atoms with Gasteiger partial charge in [-0.25, -0.2) is 14.4 Å². The van der Waals surface area contributed by atoms with E-state index in [0.29, 0.717) is 0 Å². The molecule has 92 valence electrons. The molecule has 0 atom stereocenters. The van der Waals surface area contributed by atoms with E-state index in [2.05, 4.69) is 4.74 Å². The van der Waals surface area contributed by atoms with Gasteiger partial charge in [0.05, 0.1) is 19.3 Å². The van der Waals surface area contributed by atoms with E-state index in [1.54, 1.807) is 6.92 Å². The number of hydrogen-bond acceptors (Lipinski definition) is 6. The van der Waals surface area contributed by atoms with Crippen LogP contribution in [0.1, 0.15) is 33.4 Å². The molecule has 0 aliphatic carbocycles. The molecule has 0 spiro atoms. The van der Waals surface area contributed by atoms with Crippen LogP contribution in [0.5, 0.6) is 0 Å². The molecule has 0 saturated heterocycles. The standard InChI is InChI=1S/C11H12O6/c1-4-16-11(14)9-6(2)17-8(12)5-7(9)10(13)15-3/h5H,4H2,1-3H3. The molecular formula is C11H12O6. The van der Waals surface area contributed by atoms with Crippen molar-refractivity contribution in [3.63, 3.8) is 0 Å². The van der Waals surface area contributed by atoms with Gasteiger partial charge >= 0.3 is 17.6 Å². The van der Waals surface area contributed by atoms with E-state index in [1.807, 2.05) is 0 Å². The molecule has 0 radical (unpaired) electrons. The average molecular weight is 240 g/mol.